The Hall–Kier alpha value is -1.01. The van der Waals surface area contributed by atoms with Crippen molar-refractivity contribution < 1.29 is 17.6 Å². The Balaban J connectivity index is 2.09. The van der Waals surface area contributed by atoms with Gasteiger partial charge in [0.15, 0.2) is 0 Å². The Labute approximate surface area is 123 Å². The maximum absolute atomic E-state index is 12.8. The molecule has 2 atom stereocenters. The zero-order valence-corrected chi connectivity index (χ0v) is 12.5. The quantitative estimate of drug-likeness (QED) is 0.923. The highest BCUT2D eigenvalue weighted by Gasteiger charge is 2.42. The van der Waals surface area contributed by atoms with E-state index in [2.05, 4.69) is 0 Å². The highest BCUT2D eigenvalue weighted by molar-refractivity contribution is 5.12. The van der Waals surface area contributed by atoms with Crippen LogP contribution in [0.5, 0.6) is 0 Å². The van der Waals surface area contributed by atoms with Gasteiger partial charge in [0, 0.05) is 6.04 Å². The summed E-state index contributed by atoms with van der Waals surface area (Å²) in [7, 11) is 0. The van der Waals surface area contributed by atoms with Crippen LogP contribution in [0.1, 0.15) is 43.7 Å². The molecule has 1 saturated heterocycles. The topological polar surface area (TPSA) is 42.4 Å². The summed E-state index contributed by atoms with van der Waals surface area (Å²) in [6.07, 6.45) is -3.06. The van der Waals surface area contributed by atoms with Crippen molar-refractivity contribution in [2.45, 2.75) is 51.4 Å². The molecule has 1 aromatic heterocycles. The van der Waals surface area contributed by atoms with Gasteiger partial charge in [-0.15, -0.1) is 0 Å². The van der Waals surface area contributed by atoms with Gasteiger partial charge in [-0.05, 0) is 51.4 Å². The molecular weight excluding hydrogens is 281 g/mol. The van der Waals surface area contributed by atoms with E-state index < -0.39 is 12.1 Å². The lowest BCUT2D eigenvalue weighted by molar-refractivity contribution is -0.186. The molecule has 120 valence electrons. The molecule has 0 aliphatic carbocycles. The second kappa shape index (κ2) is 6.40. The van der Waals surface area contributed by atoms with Gasteiger partial charge in [0.2, 0.25) is 0 Å². The van der Waals surface area contributed by atoms with Gasteiger partial charge < -0.3 is 10.2 Å². The zero-order chi connectivity index (χ0) is 15.6. The predicted molar refractivity (Wildman–Crippen MR) is 74.8 cm³/mol. The van der Waals surface area contributed by atoms with Crippen LogP contribution in [0.25, 0.3) is 0 Å². The molecule has 21 heavy (non-hydrogen) atoms. The highest BCUT2D eigenvalue weighted by Crippen LogP contribution is 2.37. The molecule has 0 saturated carbocycles. The Morgan fingerprint density at radius 2 is 1.95 bits per heavy atom. The fraction of sp³-hybridized carbons (Fsp3) is 0.733. The normalized spacial score (nSPS) is 21.4. The lowest BCUT2D eigenvalue weighted by Crippen LogP contribution is -2.46. The summed E-state index contributed by atoms with van der Waals surface area (Å²) in [5.74, 6) is 0.362. The molecule has 6 heteroatoms. The molecule has 1 fully saturated rings. The van der Waals surface area contributed by atoms with Crippen molar-refractivity contribution >= 4 is 0 Å². The van der Waals surface area contributed by atoms with Crippen LogP contribution in [-0.4, -0.2) is 30.2 Å². The number of halogens is 3. The Morgan fingerprint density at radius 1 is 1.33 bits per heavy atom. The molecule has 0 bridgehead atoms. The van der Waals surface area contributed by atoms with E-state index in [1.165, 1.54) is 0 Å². The minimum atomic E-state index is -4.09. The number of rotatable bonds is 4. The Kier molecular flexibility index (Phi) is 4.99. The van der Waals surface area contributed by atoms with Gasteiger partial charge in [-0.1, -0.05) is 6.92 Å². The number of aryl methyl sites for hydroxylation is 1. The van der Waals surface area contributed by atoms with Crippen molar-refractivity contribution in [3.8, 4) is 0 Å². The van der Waals surface area contributed by atoms with Gasteiger partial charge in [-0.2, -0.15) is 13.2 Å². The molecule has 2 rings (SSSR count). The molecule has 1 aliphatic rings. The summed E-state index contributed by atoms with van der Waals surface area (Å²) in [5, 5.41) is 0. The number of furan rings is 1. The van der Waals surface area contributed by atoms with Crippen LogP contribution in [0.15, 0.2) is 16.5 Å². The van der Waals surface area contributed by atoms with Crippen LogP contribution in [0.2, 0.25) is 0 Å². The number of nitrogens with zero attached hydrogens (tertiary/aromatic N) is 1. The molecule has 1 aliphatic heterocycles. The molecule has 0 spiro atoms. The van der Waals surface area contributed by atoms with Crippen LogP contribution in [0, 0.1) is 12.8 Å². The van der Waals surface area contributed by atoms with Crippen molar-refractivity contribution in [2.75, 3.05) is 13.1 Å². The summed E-state index contributed by atoms with van der Waals surface area (Å²) in [6, 6.07) is 3.47. The SMILES string of the molecule is CCC(N)C(c1ccc(C)o1)N1CCC(C(F)(F)F)CC1. The number of likely N-dealkylation sites (tertiary alicyclic amines) is 1. The molecule has 3 nitrogen and oxygen atoms in total. The monoisotopic (exact) mass is 304 g/mol. The standard InChI is InChI=1S/C15H23F3N2O/c1-3-12(19)14(13-5-4-10(2)21-13)20-8-6-11(7-9-20)15(16,17)18/h4-5,11-12,14H,3,6-9,19H2,1-2H3. The average Bonchev–Trinajstić information content (AvgIpc) is 2.84. The first kappa shape index (κ1) is 16.4. The number of alkyl halides is 3. The second-order valence-corrected chi connectivity index (χ2v) is 5.82. The van der Waals surface area contributed by atoms with Crippen LogP contribution < -0.4 is 5.73 Å². The Morgan fingerprint density at radius 3 is 2.38 bits per heavy atom. The number of piperidine rings is 1. The fourth-order valence-electron chi connectivity index (χ4n) is 3.00. The molecule has 0 radical (unpaired) electrons. The van der Waals surface area contributed by atoms with Gasteiger partial charge in [0.1, 0.15) is 11.5 Å². The van der Waals surface area contributed by atoms with Crippen LogP contribution in [0.4, 0.5) is 13.2 Å². The predicted octanol–water partition coefficient (Wildman–Crippen LogP) is 3.64. The molecule has 2 heterocycles. The lowest BCUT2D eigenvalue weighted by atomic mass is 9.92. The van der Waals surface area contributed by atoms with E-state index in [1.54, 1.807) is 0 Å². The van der Waals surface area contributed by atoms with Crippen molar-refractivity contribution in [2.24, 2.45) is 11.7 Å². The number of nitrogens with two attached hydrogens (primary N) is 1. The molecule has 2 unspecified atom stereocenters. The van der Waals surface area contributed by atoms with E-state index in [9.17, 15) is 13.2 Å². The van der Waals surface area contributed by atoms with Gasteiger partial charge >= 0.3 is 6.18 Å². The molecular formula is C15H23F3N2O. The van der Waals surface area contributed by atoms with E-state index in [-0.39, 0.29) is 24.9 Å². The van der Waals surface area contributed by atoms with E-state index in [0.29, 0.717) is 13.1 Å². The van der Waals surface area contributed by atoms with Gasteiger partial charge in [-0.25, -0.2) is 0 Å². The summed E-state index contributed by atoms with van der Waals surface area (Å²) in [4.78, 5) is 2.04. The largest absolute Gasteiger partial charge is 0.465 e. The first-order valence-corrected chi connectivity index (χ1v) is 7.45. The van der Waals surface area contributed by atoms with E-state index >= 15 is 0 Å². The van der Waals surface area contributed by atoms with Crippen LogP contribution in [-0.2, 0) is 0 Å². The van der Waals surface area contributed by atoms with Crippen molar-refractivity contribution in [1.29, 1.82) is 0 Å². The smallest absolute Gasteiger partial charge is 0.391 e. The molecule has 0 amide bonds. The first-order valence-electron chi connectivity index (χ1n) is 7.45. The Bertz CT molecular complexity index is 450. The maximum atomic E-state index is 12.8. The third kappa shape index (κ3) is 3.80. The van der Waals surface area contributed by atoms with Crippen molar-refractivity contribution in [3.05, 3.63) is 23.7 Å². The van der Waals surface area contributed by atoms with Crippen molar-refractivity contribution in [3.63, 3.8) is 0 Å². The van der Waals surface area contributed by atoms with E-state index in [0.717, 1.165) is 17.9 Å². The minimum absolute atomic E-state index is 0.135. The van der Waals surface area contributed by atoms with E-state index in [4.69, 9.17) is 10.2 Å². The lowest BCUT2D eigenvalue weighted by Gasteiger charge is -2.39. The summed E-state index contributed by atoms with van der Waals surface area (Å²) >= 11 is 0. The zero-order valence-electron chi connectivity index (χ0n) is 12.5. The molecule has 0 aromatic carbocycles. The van der Waals surface area contributed by atoms with Gasteiger partial charge in [0.05, 0.1) is 12.0 Å². The average molecular weight is 304 g/mol. The summed E-state index contributed by atoms with van der Waals surface area (Å²) in [5.41, 5.74) is 6.19. The van der Waals surface area contributed by atoms with Crippen molar-refractivity contribution in [1.82, 2.24) is 4.90 Å². The number of hydrogen-bond donors (Lipinski definition) is 1. The third-order valence-electron chi connectivity index (χ3n) is 4.32. The van der Waals surface area contributed by atoms with Crippen LogP contribution in [0.3, 0.4) is 0 Å². The van der Waals surface area contributed by atoms with Crippen LogP contribution >= 0.6 is 0 Å². The van der Waals surface area contributed by atoms with Gasteiger partial charge in [-0.3, -0.25) is 4.90 Å². The molecule has 2 N–H and O–H groups in total. The molecule has 1 aromatic rings. The van der Waals surface area contributed by atoms with Gasteiger partial charge in [0.25, 0.3) is 0 Å². The minimum Gasteiger partial charge on any atom is -0.465 e. The highest BCUT2D eigenvalue weighted by atomic mass is 19.4. The first-order chi connectivity index (χ1) is 9.82. The summed E-state index contributed by atoms with van der Waals surface area (Å²) in [6.45, 7) is 4.65. The maximum Gasteiger partial charge on any atom is 0.391 e. The summed E-state index contributed by atoms with van der Waals surface area (Å²) < 4.78 is 43.9. The van der Waals surface area contributed by atoms with E-state index in [1.807, 2.05) is 30.9 Å². The second-order valence-electron chi connectivity index (χ2n) is 5.82. The third-order valence-corrected chi connectivity index (χ3v) is 4.32. The number of hydrogen-bond acceptors (Lipinski definition) is 3. The fourth-order valence-corrected chi connectivity index (χ4v) is 3.00.